The first-order valence-corrected chi connectivity index (χ1v) is 9.01. The van der Waals surface area contributed by atoms with E-state index in [4.69, 9.17) is 4.74 Å². The standard InChI is InChI=1S/C15H23FN2O3S/c1-3-21-15-5-4-13(10-14(15)16)22(19,20)17-11-12-6-8-18(2)9-7-12/h4-5,10,12,17H,3,6-9,11H2,1-2H3. The maximum Gasteiger partial charge on any atom is 0.240 e. The molecular weight excluding hydrogens is 307 g/mol. The van der Waals surface area contributed by atoms with Crippen LogP contribution < -0.4 is 9.46 Å². The van der Waals surface area contributed by atoms with Gasteiger partial charge >= 0.3 is 0 Å². The number of piperidine rings is 1. The van der Waals surface area contributed by atoms with Crippen LogP contribution in [0.4, 0.5) is 4.39 Å². The molecule has 0 unspecified atom stereocenters. The zero-order chi connectivity index (χ0) is 16.2. The molecular formula is C15H23FN2O3S. The molecule has 1 aromatic carbocycles. The Hall–Kier alpha value is -1.18. The summed E-state index contributed by atoms with van der Waals surface area (Å²) in [6, 6.07) is 3.72. The molecule has 1 saturated heterocycles. The minimum atomic E-state index is -3.69. The number of benzene rings is 1. The van der Waals surface area contributed by atoms with E-state index in [1.165, 1.54) is 12.1 Å². The van der Waals surface area contributed by atoms with E-state index in [0.717, 1.165) is 32.0 Å². The lowest BCUT2D eigenvalue weighted by Gasteiger charge is -2.28. The first kappa shape index (κ1) is 17.2. The number of hydrogen-bond donors (Lipinski definition) is 1. The van der Waals surface area contributed by atoms with E-state index in [2.05, 4.69) is 16.7 Å². The van der Waals surface area contributed by atoms with E-state index in [1.807, 2.05) is 0 Å². The predicted octanol–water partition coefficient (Wildman–Crippen LogP) is 1.84. The van der Waals surface area contributed by atoms with Crippen LogP contribution in [0.25, 0.3) is 0 Å². The Bertz CT molecular complexity index is 599. The Kier molecular flexibility index (Phi) is 5.77. The lowest BCUT2D eigenvalue weighted by molar-refractivity contribution is 0.220. The topological polar surface area (TPSA) is 58.6 Å². The average molecular weight is 330 g/mol. The lowest BCUT2D eigenvalue weighted by atomic mass is 9.98. The van der Waals surface area contributed by atoms with Crippen molar-refractivity contribution in [2.45, 2.75) is 24.7 Å². The Morgan fingerprint density at radius 1 is 1.36 bits per heavy atom. The third-order valence-corrected chi connectivity index (χ3v) is 5.33. The van der Waals surface area contributed by atoms with Crippen molar-refractivity contribution in [1.82, 2.24) is 9.62 Å². The van der Waals surface area contributed by atoms with E-state index < -0.39 is 15.8 Å². The second kappa shape index (κ2) is 7.39. The highest BCUT2D eigenvalue weighted by atomic mass is 32.2. The van der Waals surface area contributed by atoms with Crippen molar-refractivity contribution in [2.24, 2.45) is 5.92 Å². The van der Waals surface area contributed by atoms with Crippen LogP contribution in [-0.4, -0.2) is 46.6 Å². The molecule has 1 aliphatic rings. The SMILES string of the molecule is CCOc1ccc(S(=O)(=O)NCC2CCN(C)CC2)cc1F. The number of halogens is 1. The van der Waals surface area contributed by atoms with Gasteiger partial charge in [-0.05, 0) is 64.0 Å². The summed E-state index contributed by atoms with van der Waals surface area (Å²) in [5.74, 6) is -0.265. The van der Waals surface area contributed by atoms with Gasteiger partial charge in [0, 0.05) is 6.54 Å². The summed E-state index contributed by atoms with van der Waals surface area (Å²) < 4.78 is 45.9. The van der Waals surface area contributed by atoms with E-state index in [-0.39, 0.29) is 10.6 Å². The van der Waals surface area contributed by atoms with Crippen LogP contribution in [0.1, 0.15) is 19.8 Å². The number of ether oxygens (including phenoxy) is 1. The highest BCUT2D eigenvalue weighted by Crippen LogP contribution is 2.21. The van der Waals surface area contributed by atoms with Crippen LogP contribution in [0.3, 0.4) is 0 Å². The van der Waals surface area contributed by atoms with Crippen LogP contribution in [0, 0.1) is 11.7 Å². The van der Waals surface area contributed by atoms with Crippen molar-refractivity contribution >= 4 is 10.0 Å². The summed E-state index contributed by atoms with van der Waals surface area (Å²) in [5.41, 5.74) is 0. The number of nitrogens with one attached hydrogen (secondary N) is 1. The molecule has 1 fully saturated rings. The fraction of sp³-hybridized carbons (Fsp3) is 0.600. The van der Waals surface area contributed by atoms with Gasteiger partial charge in [-0.25, -0.2) is 17.5 Å². The van der Waals surface area contributed by atoms with Crippen molar-refractivity contribution in [1.29, 1.82) is 0 Å². The van der Waals surface area contributed by atoms with Crippen LogP contribution in [0.15, 0.2) is 23.1 Å². The summed E-state index contributed by atoms with van der Waals surface area (Å²) in [4.78, 5) is 2.16. The molecule has 7 heteroatoms. The van der Waals surface area contributed by atoms with E-state index in [1.54, 1.807) is 6.92 Å². The van der Waals surface area contributed by atoms with Crippen LogP contribution in [-0.2, 0) is 10.0 Å². The van der Waals surface area contributed by atoms with Gasteiger partial charge in [-0.3, -0.25) is 0 Å². The molecule has 124 valence electrons. The fourth-order valence-corrected chi connectivity index (χ4v) is 3.63. The van der Waals surface area contributed by atoms with Crippen LogP contribution in [0.2, 0.25) is 0 Å². The smallest absolute Gasteiger partial charge is 0.240 e. The molecule has 0 saturated carbocycles. The summed E-state index contributed by atoms with van der Waals surface area (Å²) in [7, 11) is -1.63. The molecule has 1 N–H and O–H groups in total. The summed E-state index contributed by atoms with van der Waals surface area (Å²) in [6.07, 6.45) is 1.94. The highest BCUT2D eigenvalue weighted by Gasteiger charge is 2.21. The van der Waals surface area contributed by atoms with Crippen LogP contribution >= 0.6 is 0 Å². The Morgan fingerprint density at radius 2 is 2.05 bits per heavy atom. The van der Waals surface area contributed by atoms with Crippen molar-refractivity contribution in [3.8, 4) is 5.75 Å². The van der Waals surface area contributed by atoms with Gasteiger partial charge < -0.3 is 9.64 Å². The third-order valence-electron chi connectivity index (χ3n) is 3.91. The monoisotopic (exact) mass is 330 g/mol. The Labute approximate surface area is 131 Å². The number of likely N-dealkylation sites (tertiary alicyclic amines) is 1. The molecule has 1 aromatic rings. The molecule has 5 nitrogen and oxygen atoms in total. The van der Waals surface area contributed by atoms with Crippen LogP contribution in [0.5, 0.6) is 5.75 Å². The van der Waals surface area contributed by atoms with E-state index in [9.17, 15) is 12.8 Å². The van der Waals surface area contributed by atoms with Gasteiger partial charge in [-0.2, -0.15) is 0 Å². The zero-order valence-electron chi connectivity index (χ0n) is 13.0. The second-order valence-electron chi connectivity index (χ2n) is 5.62. The first-order valence-electron chi connectivity index (χ1n) is 7.53. The Balaban J connectivity index is 1.99. The zero-order valence-corrected chi connectivity index (χ0v) is 13.8. The van der Waals surface area contributed by atoms with Crippen molar-refractivity contribution in [3.63, 3.8) is 0 Å². The summed E-state index contributed by atoms with van der Waals surface area (Å²) >= 11 is 0. The number of rotatable bonds is 6. The van der Waals surface area contributed by atoms with Crippen molar-refractivity contribution in [2.75, 3.05) is 33.3 Å². The maximum atomic E-state index is 13.8. The molecule has 0 atom stereocenters. The number of nitrogens with zero attached hydrogens (tertiary/aromatic N) is 1. The quantitative estimate of drug-likeness (QED) is 0.865. The average Bonchev–Trinajstić information content (AvgIpc) is 2.49. The molecule has 0 aliphatic carbocycles. The van der Waals surface area contributed by atoms with Gasteiger partial charge in [0.2, 0.25) is 10.0 Å². The summed E-state index contributed by atoms with van der Waals surface area (Å²) in [6.45, 7) is 4.42. The molecule has 0 amide bonds. The lowest BCUT2D eigenvalue weighted by Crippen LogP contribution is -2.36. The molecule has 0 aromatic heterocycles. The largest absolute Gasteiger partial charge is 0.491 e. The van der Waals surface area contributed by atoms with Gasteiger partial charge in [-0.1, -0.05) is 0 Å². The van der Waals surface area contributed by atoms with Gasteiger partial charge in [0.05, 0.1) is 11.5 Å². The molecule has 1 aliphatic heterocycles. The predicted molar refractivity (Wildman–Crippen MR) is 83.0 cm³/mol. The normalized spacial score (nSPS) is 17.6. The van der Waals surface area contributed by atoms with Crippen molar-refractivity contribution in [3.05, 3.63) is 24.0 Å². The van der Waals surface area contributed by atoms with Crippen molar-refractivity contribution < 1.29 is 17.5 Å². The van der Waals surface area contributed by atoms with E-state index >= 15 is 0 Å². The Morgan fingerprint density at radius 3 is 2.64 bits per heavy atom. The number of sulfonamides is 1. The first-order chi connectivity index (χ1) is 10.4. The minimum Gasteiger partial charge on any atom is -0.491 e. The van der Waals surface area contributed by atoms with Gasteiger partial charge in [-0.15, -0.1) is 0 Å². The fourth-order valence-electron chi connectivity index (χ4n) is 2.50. The molecule has 0 bridgehead atoms. The van der Waals surface area contributed by atoms with Gasteiger partial charge in [0.15, 0.2) is 11.6 Å². The molecule has 1 heterocycles. The second-order valence-corrected chi connectivity index (χ2v) is 7.39. The van der Waals surface area contributed by atoms with Gasteiger partial charge in [0.25, 0.3) is 0 Å². The third kappa shape index (κ3) is 4.41. The maximum absolute atomic E-state index is 13.8. The number of hydrogen-bond acceptors (Lipinski definition) is 4. The molecule has 22 heavy (non-hydrogen) atoms. The van der Waals surface area contributed by atoms with E-state index in [0.29, 0.717) is 19.1 Å². The minimum absolute atomic E-state index is 0.0665. The van der Waals surface area contributed by atoms with Gasteiger partial charge in [0.1, 0.15) is 0 Å². The molecule has 2 rings (SSSR count). The molecule has 0 radical (unpaired) electrons. The molecule has 0 spiro atoms. The highest BCUT2D eigenvalue weighted by molar-refractivity contribution is 7.89. The summed E-state index contributed by atoms with van der Waals surface area (Å²) in [5, 5.41) is 0.